The molecule has 0 amide bonds. The molecule has 4 heteroatoms. The summed E-state index contributed by atoms with van der Waals surface area (Å²) in [7, 11) is 0. The second-order valence-corrected chi connectivity index (χ2v) is 5.17. The number of hydrogen-bond donors (Lipinski definition) is 1. The first-order valence-corrected chi connectivity index (χ1v) is 6.92. The van der Waals surface area contributed by atoms with Crippen molar-refractivity contribution < 1.29 is 4.74 Å². The number of benzene rings is 1. The fourth-order valence-electron chi connectivity index (χ4n) is 2.26. The van der Waals surface area contributed by atoms with E-state index in [1.165, 1.54) is 5.56 Å². The van der Waals surface area contributed by atoms with E-state index in [9.17, 15) is 0 Å². The van der Waals surface area contributed by atoms with Crippen LogP contribution in [0.25, 0.3) is 0 Å². The first-order chi connectivity index (χ1) is 8.72. The van der Waals surface area contributed by atoms with Crippen molar-refractivity contribution >= 4 is 11.6 Å². The lowest BCUT2D eigenvalue weighted by atomic mass is 10.1. The van der Waals surface area contributed by atoms with Gasteiger partial charge < -0.3 is 10.5 Å². The molecule has 1 aliphatic rings. The van der Waals surface area contributed by atoms with Gasteiger partial charge in [0.05, 0.1) is 12.7 Å². The van der Waals surface area contributed by atoms with Crippen LogP contribution < -0.4 is 5.73 Å². The Kier molecular flexibility index (Phi) is 5.01. The molecule has 0 bridgehead atoms. The molecular formula is C14H21ClN2O. The van der Waals surface area contributed by atoms with Gasteiger partial charge in [-0.1, -0.05) is 30.7 Å². The highest BCUT2D eigenvalue weighted by Gasteiger charge is 2.19. The normalized spacial score (nSPS) is 21.2. The molecule has 2 N–H and O–H groups in total. The van der Waals surface area contributed by atoms with E-state index >= 15 is 0 Å². The maximum Gasteiger partial charge on any atom is 0.0700 e. The summed E-state index contributed by atoms with van der Waals surface area (Å²) >= 11 is 6.28. The van der Waals surface area contributed by atoms with Gasteiger partial charge in [-0.3, -0.25) is 4.90 Å². The molecule has 0 spiro atoms. The lowest BCUT2D eigenvalue weighted by Gasteiger charge is -2.32. The van der Waals surface area contributed by atoms with Gasteiger partial charge in [0.15, 0.2) is 0 Å². The maximum absolute atomic E-state index is 6.28. The standard InChI is InChI=1S/C14H21ClN2O/c1-2-13-10-17(5-6-18-13)9-12-4-3-11(8-16)7-14(12)15/h3-4,7,13H,2,5-6,8-10,16H2,1H3. The fraction of sp³-hybridized carbons (Fsp3) is 0.571. The molecular weight excluding hydrogens is 248 g/mol. The van der Waals surface area contributed by atoms with E-state index in [1.54, 1.807) is 0 Å². The van der Waals surface area contributed by atoms with E-state index in [2.05, 4.69) is 24.0 Å². The molecule has 1 saturated heterocycles. The first-order valence-electron chi connectivity index (χ1n) is 6.54. The number of nitrogens with zero attached hydrogens (tertiary/aromatic N) is 1. The van der Waals surface area contributed by atoms with Crippen LogP contribution in [0.1, 0.15) is 24.5 Å². The number of nitrogens with two attached hydrogens (primary N) is 1. The van der Waals surface area contributed by atoms with E-state index in [0.717, 1.165) is 43.2 Å². The SMILES string of the molecule is CCC1CN(Cc2ccc(CN)cc2Cl)CCO1. The zero-order chi connectivity index (χ0) is 13.0. The van der Waals surface area contributed by atoms with Gasteiger partial charge in [-0.25, -0.2) is 0 Å². The monoisotopic (exact) mass is 268 g/mol. The van der Waals surface area contributed by atoms with Gasteiger partial charge in [-0.15, -0.1) is 0 Å². The molecule has 1 atom stereocenters. The molecule has 1 aliphatic heterocycles. The number of hydrogen-bond acceptors (Lipinski definition) is 3. The topological polar surface area (TPSA) is 38.5 Å². The van der Waals surface area contributed by atoms with Gasteiger partial charge in [0.1, 0.15) is 0 Å². The molecule has 0 aromatic heterocycles. The minimum absolute atomic E-state index is 0.362. The lowest BCUT2D eigenvalue weighted by Crippen LogP contribution is -2.41. The van der Waals surface area contributed by atoms with Gasteiger partial charge in [0.25, 0.3) is 0 Å². The van der Waals surface area contributed by atoms with E-state index in [-0.39, 0.29) is 0 Å². The third-order valence-corrected chi connectivity index (χ3v) is 3.78. The average molecular weight is 269 g/mol. The van der Waals surface area contributed by atoms with E-state index in [0.29, 0.717) is 12.6 Å². The maximum atomic E-state index is 6.28. The zero-order valence-corrected chi connectivity index (χ0v) is 11.6. The summed E-state index contributed by atoms with van der Waals surface area (Å²) in [4.78, 5) is 2.40. The Labute approximate surface area is 114 Å². The van der Waals surface area contributed by atoms with Crippen molar-refractivity contribution in [3.63, 3.8) is 0 Å². The van der Waals surface area contributed by atoms with Crippen LogP contribution >= 0.6 is 11.6 Å². The highest BCUT2D eigenvalue weighted by molar-refractivity contribution is 6.31. The molecule has 1 heterocycles. The minimum atomic E-state index is 0.362. The van der Waals surface area contributed by atoms with Crippen molar-refractivity contribution in [3.05, 3.63) is 34.3 Å². The smallest absolute Gasteiger partial charge is 0.0700 e. The third kappa shape index (κ3) is 3.45. The quantitative estimate of drug-likeness (QED) is 0.911. The van der Waals surface area contributed by atoms with Crippen LogP contribution in [0, 0.1) is 0 Å². The number of morpholine rings is 1. The Morgan fingerprint density at radius 1 is 1.50 bits per heavy atom. The predicted molar refractivity (Wildman–Crippen MR) is 74.7 cm³/mol. The fourth-order valence-corrected chi connectivity index (χ4v) is 2.52. The van der Waals surface area contributed by atoms with Crippen LogP contribution in [-0.4, -0.2) is 30.7 Å². The Bertz CT molecular complexity index is 397. The van der Waals surface area contributed by atoms with Crippen molar-refractivity contribution in [2.24, 2.45) is 5.73 Å². The van der Waals surface area contributed by atoms with Gasteiger partial charge in [-0.2, -0.15) is 0 Å². The van der Waals surface area contributed by atoms with Crippen molar-refractivity contribution in [1.29, 1.82) is 0 Å². The summed E-state index contributed by atoms with van der Waals surface area (Å²) in [5.74, 6) is 0. The molecule has 3 nitrogen and oxygen atoms in total. The van der Waals surface area contributed by atoms with Crippen LogP contribution in [0.15, 0.2) is 18.2 Å². The van der Waals surface area contributed by atoms with Crippen molar-refractivity contribution in [1.82, 2.24) is 4.90 Å². The molecule has 100 valence electrons. The van der Waals surface area contributed by atoms with Crippen LogP contribution in [0.3, 0.4) is 0 Å². The second-order valence-electron chi connectivity index (χ2n) is 4.77. The summed E-state index contributed by atoms with van der Waals surface area (Å²) in [6, 6.07) is 6.11. The first kappa shape index (κ1) is 13.8. The summed E-state index contributed by atoms with van der Waals surface area (Å²) in [5, 5.41) is 0.817. The second kappa shape index (κ2) is 6.53. The summed E-state index contributed by atoms with van der Waals surface area (Å²) in [6.07, 6.45) is 1.43. The Morgan fingerprint density at radius 3 is 3.00 bits per heavy atom. The predicted octanol–water partition coefficient (Wildman–Crippen LogP) is 2.41. The molecule has 1 aromatic carbocycles. The molecule has 1 unspecified atom stereocenters. The Balaban J connectivity index is 2.00. The number of halogens is 1. The highest BCUT2D eigenvalue weighted by atomic mass is 35.5. The third-order valence-electron chi connectivity index (χ3n) is 3.43. The van der Waals surface area contributed by atoms with Crippen LogP contribution in [0.4, 0.5) is 0 Å². The van der Waals surface area contributed by atoms with Crippen molar-refractivity contribution in [2.75, 3.05) is 19.7 Å². The summed E-state index contributed by atoms with van der Waals surface area (Å²) in [6.45, 7) is 6.38. The van der Waals surface area contributed by atoms with E-state index in [1.807, 2.05) is 6.07 Å². The average Bonchev–Trinajstić information content (AvgIpc) is 2.41. The molecule has 2 rings (SSSR count). The molecule has 18 heavy (non-hydrogen) atoms. The zero-order valence-electron chi connectivity index (χ0n) is 10.9. The van der Waals surface area contributed by atoms with Crippen LogP contribution in [0.5, 0.6) is 0 Å². The van der Waals surface area contributed by atoms with Crippen molar-refractivity contribution in [2.45, 2.75) is 32.5 Å². The summed E-state index contributed by atoms with van der Waals surface area (Å²) in [5.41, 5.74) is 7.86. The van der Waals surface area contributed by atoms with Crippen LogP contribution in [-0.2, 0) is 17.8 Å². The Morgan fingerprint density at radius 2 is 2.33 bits per heavy atom. The molecule has 1 fully saturated rings. The van der Waals surface area contributed by atoms with Crippen LogP contribution in [0.2, 0.25) is 5.02 Å². The molecule has 1 aromatic rings. The van der Waals surface area contributed by atoms with Gasteiger partial charge in [0, 0.05) is 31.2 Å². The Hall–Kier alpha value is -0.610. The van der Waals surface area contributed by atoms with Gasteiger partial charge in [0.2, 0.25) is 0 Å². The minimum Gasteiger partial charge on any atom is -0.376 e. The number of ether oxygens (including phenoxy) is 1. The number of rotatable bonds is 4. The van der Waals surface area contributed by atoms with Gasteiger partial charge in [-0.05, 0) is 23.6 Å². The lowest BCUT2D eigenvalue weighted by molar-refractivity contribution is -0.0324. The van der Waals surface area contributed by atoms with E-state index < -0.39 is 0 Å². The molecule has 0 radical (unpaired) electrons. The largest absolute Gasteiger partial charge is 0.376 e. The van der Waals surface area contributed by atoms with Gasteiger partial charge >= 0.3 is 0 Å². The summed E-state index contributed by atoms with van der Waals surface area (Å²) < 4.78 is 5.67. The van der Waals surface area contributed by atoms with E-state index in [4.69, 9.17) is 22.1 Å². The molecule has 0 aliphatic carbocycles. The van der Waals surface area contributed by atoms with Crippen molar-refractivity contribution in [3.8, 4) is 0 Å². The molecule has 0 saturated carbocycles. The highest BCUT2D eigenvalue weighted by Crippen LogP contribution is 2.21.